The molecule has 8 heteroatoms. The zero-order chi connectivity index (χ0) is 15.1. The van der Waals surface area contributed by atoms with E-state index in [1.807, 2.05) is 0 Å². The lowest BCUT2D eigenvalue weighted by Crippen LogP contribution is -2.55. The molecule has 0 amide bonds. The van der Waals surface area contributed by atoms with Crippen molar-refractivity contribution in [3.63, 3.8) is 0 Å². The quantitative estimate of drug-likeness (QED) is 0.900. The SMILES string of the molecule is C[C@@H]1CN(S(=O)(=O)c2c(F)cc(F)cc2F)C[C@@H](C)N1. The molecule has 112 valence electrons. The van der Waals surface area contributed by atoms with Crippen molar-refractivity contribution >= 4 is 10.0 Å². The molecule has 0 radical (unpaired) electrons. The summed E-state index contributed by atoms with van der Waals surface area (Å²) in [6.45, 7) is 3.75. The highest BCUT2D eigenvalue weighted by Crippen LogP contribution is 2.25. The Morgan fingerprint density at radius 3 is 2.00 bits per heavy atom. The van der Waals surface area contributed by atoms with E-state index in [4.69, 9.17) is 0 Å². The number of nitrogens with zero attached hydrogens (tertiary/aromatic N) is 1. The fourth-order valence-electron chi connectivity index (χ4n) is 2.38. The van der Waals surface area contributed by atoms with E-state index in [2.05, 4.69) is 5.32 Å². The van der Waals surface area contributed by atoms with Gasteiger partial charge in [-0.1, -0.05) is 0 Å². The average Bonchev–Trinajstić information content (AvgIpc) is 2.25. The Morgan fingerprint density at radius 1 is 1.10 bits per heavy atom. The zero-order valence-electron chi connectivity index (χ0n) is 11.0. The summed E-state index contributed by atoms with van der Waals surface area (Å²) in [6.07, 6.45) is 0. The molecule has 0 unspecified atom stereocenters. The first-order chi connectivity index (χ1) is 9.21. The summed E-state index contributed by atoms with van der Waals surface area (Å²) in [5.41, 5.74) is 0. The lowest BCUT2D eigenvalue weighted by atomic mass is 10.2. The molecule has 0 spiro atoms. The Kier molecular flexibility index (Phi) is 4.08. The number of rotatable bonds is 2. The fourth-order valence-corrected chi connectivity index (χ4v) is 4.09. The Labute approximate surface area is 115 Å². The molecule has 0 aliphatic carbocycles. The van der Waals surface area contributed by atoms with Gasteiger partial charge in [-0.3, -0.25) is 0 Å². The van der Waals surface area contributed by atoms with Crippen LogP contribution in [-0.4, -0.2) is 37.9 Å². The first-order valence-electron chi connectivity index (χ1n) is 6.12. The van der Waals surface area contributed by atoms with Crippen LogP contribution in [0.2, 0.25) is 0 Å². The molecule has 2 rings (SSSR count). The van der Waals surface area contributed by atoms with Gasteiger partial charge >= 0.3 is 0 Å². The van der Waals surface area contributed by atoms with Crippen LogP contribution < -0.4 is 5.32 Å². The maximum Gasteiger partial charge on any atom is 0.249 e. The minimum absolute atomic E-state index is 0.100. The topological polar surface area (TPSA) is 49.4 Å². The molecular weight excluding hydrogens is 293 g/mol. The zero-order valence-corrected chi connectivity index (χ0v) is 11.8. The van der Waals surface area contributed by atoms with Crippen LogP contribution in [0.3, 0.4) is 0 Å². The maximum atomic E-state index is 13.7. The summed E-state index contributed by atoms with van der Waals surface area (Å²) in [5, 5.41) is 3.12. The third-order valence-electron chi connectivity index (χ3n) is 3.08. The second-order valence-corrected chi connectivity index (χ2v) is 6.86. The molecule has 0 bridgehead atoms. The van der Waals surface area contributed by atoms with Gasteiger partial charge in [0.2, 0.25) is 10.0 Å². The minimum atomic E-state index is -4.33. The van der Waals surface area contributed by atoms with Crippen molar-refractivity contribution < 1.29 is 21.6 Å². The van der Waals surface area contributed by atoms with Gasteiger partial charge in [0.05, 0.1) is 0 Å². The van der Waals surface area contributed by atoms with Crippen LogP contribution in [0, 0.1) is 17.5 Å². The smallest absolute Gasteiger partial charge is 0.249 e. The third-order valence-corrected chi connectivity index (χ3v) is 4.97. The number of nitrogens with one attached hydrogen (secondary N) is 1. The number of hydrogen-bond donors (Lipinski definition) is 1. The number of benzene rings is 1. The first-order valence-corrected chi connectivity index (χ1v) is 7.56. The van der Waals surface area contributed by atoms with Gasteiger partial charge in [0.15, 0.2) is 4.90 Å². The average molecular weight is 308 g/mol. The van der Waals surface area contributed by atoms with E-state index < -0.39 is 32.4 Å². The van der Waals surface area contributed by atoms with Gasteiger partial charge in [0, 0.05) is 37.3 Å². The van der Waals surface area contributed by atoms with Gasteiger partial charge in [0.25, 0.3) is 0 Å². The minimum Gasteiger partial charge on any atom is -0.309 e. The van der Waals surface area contributed by atoms with Crippen LogP contribution in [0.4, 0.5) is 13.2 Å². The van der Waals surface area contributed by atoms with Gasteiger partial charge in [-0.25, -0.2) is 21.6 Å². The number of sulfonamides is 1. The van der Waals surface area contributed by atoms with Crippen LogP contribution in [0.1, 0.15) is 13.8 Å². The lowest BCUT2D eigenvalue weighted by Gasteiger charge is -2.35. The monoisotopic (exact) mass is 308 g/mol. The van der Waals surface area contributed by atoms with Gasteiger partial charge in [-0.05, 0) is 13.8 Å². The molecule has 1 saturated heterocycles. The molecule has 1 heterocycles. The van der Waals surface area contributed by atoms with Crippen molar-refractivity contribution in [1.82, 2.24) is 9.62 Å². The molecule has 1 aromatic rings. The Morgan fingerprint density at radius 2 is 1.55 bits per heavy atom. The van der Waals surface area contributed by atoms with Crippen molar-refractivity contribution in [2.75, 3.05) is 13.1 Å². The highest BCUT2D eigenvalue weighted by molar-refractivity contribution is 7.89. The first kappa shape index (κ1) is 15.3. The Bertz CT molecular complexity index is 588. The summed E-state index contributed by atoms with van der Waals surface area (Å²) in [4.78, 5) is -1.10. The molecule has 0 saturated carbocycles. The molecule has 1 aliphatic heterocycles. The number of halogens is 3. The van der Waals surface area contributed by atoms with Gasteiger partial charge in [-0.2, -0.15) is 4.31 Å². The Balaban J connectivity index is 2.45. The van der Waals surface area contributed by atoms with Crippen molar-refractivity contribution in [3.8, 4) is 0 Å². The molecule has 0 aromatic heterocycles. The fraction of sp³-hybridized carbons (Fsp3) is 0.500. The van der Waals surface area contributed by atoms with Crippen molar-refractivity contribution in [3.05, 3.63) is 29.6 Å². The molecule has 4 nitrogen and oxygen atoms in total. The standard InChI is InChI=1S/C12H15F3N2O2S/c1-7-5-17(6-8(2)16-7)20(18,19)12-10(14)3-9(13)4-11(12)15/h3-4,7-8,16H,5-6H2,1-2H3/t7-,8-/m1/s1. The van der Waals surface area contributed by atoms with Crippen LogP contribution >= 0.6 is 0 Å². The highest BCUT2D eigenvalue weighted by atomic mass is 32.2. The normalized spacial score (nSPS) is 24.9. The van der Waals surface area contributed by atoms with E-state index in [0.29, 0.717) is 12.1 Å². The van der Waals surface area contributed by atoms with Crippen LogP contribution in [0.5, 0.6) is 0 Å². The van der Waals surface area contributed by atoms with E-state index in [9.17, 15) is 21.6 Å². The molecule has 1 N–H and O–H groups in total. The summed E-state index contributed by atoms with van der Waals surface area (Å²) in [7, 11) is -4.33. The van der Waals surface area contributed by atoms with E-state index in [-0.39, 0.29) is 25.2 Å². The summed E-state index contributed by atoms with van der Waals surface area (Å²) in [6, 6.07) is 0.455. The van der Waals surface area contributed by atoms with Crippen LogP contribution in [0.25, 0.3) is 0 Å². The molecule has 20 heavy (non-hydrogen) atoms. The van der Waals surface area contributed by atoms with Crippen molar-refractivity contribution in [1.29, 1.82) is 0 Å². The third kappa shape index (κ3) is 2.82. The van der Waals surface area contributed by atoms with E-state index in [0.717, 1.165) is 4.31 Å². The molecule has 1 aromatic carbocycles. The summed E-state index contributed by atoms with van der Waals surface area (Å²) in [5.74, 6) is -3.98. The Hall–Kier alpha value is -1.12. The number of hydrogen-bond acceptors (Lipinski definition) is 3. The second-order valence-electron chi connectivity index (χ2n) is 4.99. The summed E-state index contributed by atoms with van der Waals surface area (Å²) >= 11 is 0. The molecule has 1 fully saturated rings. The second kappa shape index (κ2) is 5.34. The van der Waals surface area contributed by atoms with E-state index in [1.54, 1.807) is 13.8 Å². The summed E-state index contributed by atoms with van der Waals surface area (Å²) < 4.78 is 65.8. The largest absolute Gasteiger partial charge is 0.309 e. The molecule has 1 aliphatic rings. The van der Waals surface area contributed by atoms with Crippen LogP contribution in [0.15, 0.2) is 17.0 Å². The van der Waals surface area contributed by atoms with Gasteiger partial charge in [0.1, 0.15) is 17.5 Å². The predicted octanol–water partition coefficient (Wildman–Crippen LogP) is 1.47. The van der Waals surface area contributed by atoms with E-state index in [1.165, 1.54) is 0 Å². The number of piperazine rings is 1. The predicted molar refractivity (Wildman–Crippen MR) is 67.1 cm³/mol. The highest BCUT2D eigenvalue weighted by Gasteiger charge is 2.35. The molecular formula is C12H15F3N2O2S. The van der Waals surface area contributed by atoms with E-state index >= 15 is 0 Å². The maximum absolute atomic E-state index is 13.7. The van der Waals surface area contributed by atoms with Crippen LogP contribution in [-0.2, 0) is 10.0 Å². The van der Waals surface area contributed by atoms with Gasteiger partial charge < -0.3 is 5.32 Å². The molecule has 2 atom stereocenters. The lowest BCUT2D eigenvalue weighted by molar-refractivity contribution is 0.261. The van der Waals surface area contributed by atoms with Crippen molar-refractivity contribution in [2.45, 2.75) is 30.8 Å². The van der Waals surface area contributed by atoms with Crippen molar-refractivity contribution in [2.24, 2.45) is 0 Å². The van der Waals surface area contributed by atoms with Gasteiger partial charge in [-0.15, -0.1) is 0 Å².